The van der Waals surface area contributed by atoms with Gasteiger partial charge in [0.1, 0.15) is 0 Å². The summed E-state index contributed by atoms with van der Waals surface area (Å²) in [6, 6.07) is 20.7. The molecule has 1 aromatic heterocycles. The predicted molar refractivity (Wildman–Crippen MR) is 174 cm³/mol. The molecule has 6 unspecified atom stereocenters. The number of aryl methyl sites for hydroxylation is 1. The van der Waals surface area contributed by atoms with Crippen LogP contribution in [0.2, 0.25) is 5.02 Å². The summed E-state index contributed by atoms with van der Waals surface area (Å²) >= 11 is 13.9. The van der Waals surface area contributed by atoms with E-state index in [2.05, 4.69) is 31.9 Å². The van der Waals surface area contributed by atoms with E-state index in [9.17, 15) is 19.2 Å². The molecule has 3 aliphatic rings. The highest BCUT2D eigenvalue weighted by atomic mass is 79.9. The van der Waals surface area contributed by atoms with Crippen LogP contribution in [0.4, 0.5) is 5.69 Å². The summed E-state index contributed by atoms with van der Waals surface area (Å²) in [5, 5.41) is 1.05. The van der Waals surface area contributed by atoms with Crippen LogP contribution in [-0.4, -0.2) is 44.8 Å². The van der Waals surface area contributed by atoms with Gasteiger partial charge in [0.25, 0.3) is 0 Å². The maximum absolute atomic E-state index is 13.5. The number of anilines is 1. The molecule has 1 aliphatic heterocycles. The van der Waals surface area contributed by atoms with Gasteiger partial charge in [-0.2, -0.15) is 0 Å². The average molecular weight is 737 g/mol. The normalized spacial score (nSPS) is 25.5. The average Bonchev–Trinajstić information content (AvgIpc) is 3.66. The van der Waals surface area contributed by atoms with E-state index in [0.29, 0.717) is 44.0 Å². The summed E-state index contributed by atoms with van der Waals surface area (Å²) in [6.07, 6.45) is 0.869. The summed E-state index contributed by atoms with van der Waals surface area (Å²) in [6.45, 7) is 1.42. The number of rotatable bonds is 6. The van der Waals surface area contributed by atoms with Gasteiger partial charge < -0.3 is 4.74 Å². The van der Waals surface area contributed by atoms with Crippen LogP contribution in [0.15, 0.2) is 72.8 Å². The van der Waals surface area contributed by atoms with Crippen LogP contribution >= 0.6 is 43.5 Å². The van der Waals surface area contributed by atoms with E-state index in [4.69, 9.17) is 21.3 Å². The molecule has 3 aromatic carbocycles. The number of esters is 1. The van der Waals surface area contributed by atoms with Crippen molar-refractivity contribution in [3.05, 3.63) is 94.5 Å². The third-order valence-electron chi connectivity index (χ3n) is 9.23. The monoisotopic (exact) mass is 734 g/mol. The Bertz CT molecular complexity index is 1830. The number of ether oxygens (including phenoxy) is 1. The highest BCUT2D eigenvalue weighted by Gasteiger charge is 2.66. The number of hydrogen-bond acceptors (Lipinski definition) is 6. The third-order valence-corrected chi connectivity index (χ3v) is 12.8. The number of imide groups is 1. The van der Waals surface area contributed by atoms with Gasteiger partial charge in [0.15, 0.2) is 12.4 Å². The van der Waals surface area contributed by atoms with Crippen LogP contribution in [-0.2, 0) is 14.3 Å². The minimum absolute atomic E-state index is 0.133. The number of amides is 2. The Kier molecular flexibility index (Phi) is 7.46. The topological polar surface area (TPSA) is 93.6 Å². The second kappa shape index (κ2) is 11.2. The lowest BCUT2D eigenvalue weighted by Crippen LogP contribution is -2.37. The maximum atomic E-state index is 13.5. The number of halogens is 3. The summed E-state index contributed by atoms with van der Waals surface area (Å²) < 4.78 is 5.46. The van der Waals surface area contributed by atoms with Crippen LogP contribution in [0.1, 0.15) is 32.7 Å². The number of hydrogen-bond donors (Lipinski definition) is 0. The van der Waals surface area contributed by atoms with Crippen LogP contribution in [0, 0.1) is 30.6 Å². The predicted octanol–water partition coefficient (Wildman–Crippen LogP) is 7.19. The van der Waals surface area contributed by atoms with Crippen molar-refractivity contribution in [2.75, 3.05) is 11.5 Å². The van der Waals surface area contributed by atoms with Gasteiger partial charge in [-0.3, -0.25) is 19.3 Å². The molecule has 7 nitrogen and oxygen atoms in total. The van der Waals surface area contributed by atoms with Crippen molar-refractivity contribution >= 4 is 83.6 Å². The Morgan fingerprint density at radius 2 is 1.57 bits per heavy atom. The Morgan fingerprint density at radius 3 is 2.20 bits per heavy atom. The van der Waals surface area contributed by atoms with E-state index in [1.807, 2.05) is 6.92 Å². The molecular formula is C34H25Br2ClN2O5. The standard InChI is InChI=1S/C34H25Br2ClN2O5/c1-16-24(37)12-11-20-21(34(43)44-15-26(40)18-5-3-2-4-6-18)14-25(38-31(16)20)17-7-9-19(10-8-17)39-32(41)27-22-13-23(28(27)33(39)42)30(36)29(22)35/h2-12,14,22-23,27-30H,13,15H2,1H3. The van der Waals surface area contributed by atoms with Gasteiger partial charge in [0, 0.05) is 31.2 Å². The number of carbonyl (C=O) groups is 4. The van der Waals surface area contributed by atoms with Crippen LogP contribution in [0.3, 0.4) is 0 Å². The number of carbonyl (C=O) groups excluding carboxylic acids is 4. The van der Waals surface area contributed by atoms with E-state index in [0.717, 1.165) is 6.42 Å². The largest absolute Gasteiger partial charge is 0.454 e. The van der Waals surface area contributed by atoms with Crippen LogP contribution in [0.25, 0.3) is 22.2 Å². The molecule has 7 rings (SSSR count). The number of benzene rings is 3. The lowest BCUT2D eigenvalue weighted by molar-refractivity contribution is -0.123. The molecule has 2 amide bonds. The molecule has 222 valence electrons. The third kappa shape index (κ3) is 4.63. The number of fused-ring (bicyclic) bond motifs is 6. The smallest absolute Gasteiger partial charge is 0.339 e. The summed E-state index contributed by atoms with van der Waals surface area (Å²) in [7, 11) is 0. The second-order valence-electron chi connectivity index (χ2n) is 11.6. The molecular weight excluding hydrogens is 712 g/mol. The van der Waals surface area contributed by atoms with Crippen molar-refractivity contribution in [1.29, 1.82) is 0 Å². The fourth-order valence-electron chi connectivity index (χ4n) is 7.02. The summed E-state index contributed by atoms with van der Waals surface area (Å²) in [4.78, 5) is 59.4. The minimum atomic E-state index is -0.661. The molecule has 2 bridgehead atoms. The van der Waals surface area contributed by atoms with Crippen molar-refractivity contribution in [1.82, 2.24) is 4.98 Å². The molecule has 0 radical (unpaired) electrons. The molecule has 2 aliphatic carbocycles. The molecule has 3 fully saturated rings. The number of aromatic nitrogens is 1. The number of ketones is 1. The van der Waals surface area contributed by atoms with Crippen LogP contribution < -0.4 is 4.90 Å². The molecule has 6 atom stereocenters. The van der Waals surface area contributed by atoms with E-state index < -0.39 is 12.6 Å². The molecule has 2 heterocycles. The Hall–Kier alpha value is -3.40. The molecule has 44 heavy (non-hydrogen) atoms. The summed E-state index contributed by atoms with van der Waals surface area (Å²) in [5.41, 5.74) is 3.58. The molecule has 2 saturated carbocycles. The lowest BCUT2D eigenvalue weighted by atomic mass is 9.81. The first-order valence-corrected chi connectivity index (χ1v) is 16.5. The first-order chi connectivity index (χ1) is 21.2. The Morgan fingerprint density at radius 1 is 0.932 bits per heavy atom. The van der Waals surface area contributed by atoms with E-state index >= 15 is 0 Å². The van der Waals surface area contributed by atoms with E-state index in [-0.39, 0.29) is 56.5 Å². The summed E-state index contributed by atoms with van der Waals surface area (Å²) in [5.74, 6) is -1.60. The van der Waals surface area contributed by atoms with Crippen LogP contribution in [0.5, 0.6) is 0 Å². The van der Waals surface area contributed by atoms with Gasteiger partial charge >= 0.3 is 5.97 Å². The molecule has 10 heteroatoms. The maximum Gasteiger partial charge on any atom is 0.339 e. The zero-order valence-corrected chi connectivity index (χ0v) is 27.3. The van der Waals surface area contributed by atoms with Crippen molar-refractivity contribution < 1.29 is 23.9 Å². The number of pyridine rings is 1. The molecule has 4 aromatic rings. The van der Waals surface area contributed by atoms with Gasteiger partial charge in [-0.15, -0.1) is 0 Å². The number of nitrogens with zero attached hydrogens (tertiary/aromatic N) is 2. The molecule has 1 saturated heterocycles. The van der Waals surface area contributed by atoms with Gasteiger partial charge in [-0.05, 0) is 55.0 Å². The fourth-order valence-corrected chi connectivity index (χ4v) is 9.05. The van der Waals surface area contributed by atoms with Gasteiger partial charge in [-0.25, -0.2) is 9.78 Å². The Balaban J connectivity index is 1.19. The molecule has 0 N–H and O–H groups in total. The van der Waals surface area contributed by atoms with Crippen molar-refractivity contribution in [2.45, 2.75) is 23.0 Å². The van der Waals surface area contributed by atoms with Crippen molar-refractivity contribution in [3.8, 4) is 11.3 Å². The number of Topliss-reactive ketones (excluding diaryl/α,β-unsaturated/α-hetero) is 1. The zero-order valence-electron chi connectivity index (χ0n) is 23.4. The van der Waals surface area contributed by atoms with E-state index in [1.54, 1.807) is 72.8 Å². The first kappa shape index (κ1) is 29.3. The van der Waals surface area contributed by atoms with E-state index in [1.165, 1.54) is 4.90 Å². The van der Waals surface area contributed by atoms with Gasteiger partial charge in [0.05, 0.1) is 34.3 Å². The first-order valence-electron chi connectivity index (χ1n) is 14.3. The second-order valence-corrected chi connectivity index (χ2v) is 14.1. The Labute approximate surface area is 275 Å². The van der Waals surface area contributed by atoms with Crippen molar-refractivity contribution in [3.63, 3.8) is 0 Å². The van der Waals surface area contributed by atoms with Crippen molar-refractivity contribution in [2.24, 2.45) is 23.7 Å². The quantitative estimate of drug-likeness (QED) is 0.0902. The van der Waals surface area contributed by atoms with Gasteiger partial charge in [0.2, 0.25) is 11.8 Å². The zero-order chi connectivity index (χ0) is 30.9. The van der Waals surface area contributed by atoms with Gasteiger partial charge in [-0.1, -0.05) is 92.0 Å². The lowest BCUT2D eigenvalue weighted by Gasteiger charge is -2.28. The highest BCUT2D eigenvalue weighted by molar-refractivity contribution is 9.12. The molecule has 0 spiro atoms. The number of alkyl halides is 2. The minimum Gasteiger partial charge on any atom is -0.454 e. The highest BCUT2D eigenvalue weighted by Crippen LogP contribution is 2.60. The fraction of sp³-hybridized carbons (Fsp3) is 0.265. The SMILES string of the molecule is Cc1c(Cl)ccc2c(C(=O)OCC(=O)c3ccccc3)cc(-c3ccc(N4C(=O)C5C6CC(C(Br)C6Br)C5C4=O)cc3)nc12.